The van der Waals surface area contributed by atoms with Gasteiger partial charge in [0.25, 0.3) is 5.92 Å². The third-order valence-corrected chi connectivity index (χ3v) is 14.8. The Hall–Kier alpha value is -7.81. The van der Waals surface area contributed by atoms with E-state index in [9.17, 15) is 32.8 Å². The fraction of sp³-hybridized carbons (Fsp3) is 0.304. The molecule has 11 rings (SSSR count). The van der Waals surface area contributed by atoms with Gasteiger partial charge in [-0.05, 0) is 71.2 Å². The molecule has 3 fully saturated rings. The number of hydrogen-bond acceptors (Lipinski definition) is 9. The average Bonchev–Trinajstić information content (AvgIpc) is 4.16. The molecule has 1 aliphatic carbocycles. The molecule has 5 aromatic rings. The predicted octanol–water partition coefficient (Wildman–Crippen LogP) is 8.07. The van der Waals surface area contributed by atoms with E-state index in [4.69, 9.17) is 14.7 Å². The van der Waals surface area contributed by atoms with Crippen LogP contribution in [0.5, 0.6) is 0 Å². The Balaban J connectivity index is 0.695. The number of hydrogen-bond donors (Lipinski definition) is 2. The molecular formula is C56H51F2N7O6. The number of halogens is 2. The van der Waals surface area contributed by atoms with Crippen LogP contribution < -0.4 is 10.6 Å². The highest BCUT2D eigenvalue weighted by Crippen LogP contribution is 2.43. The van der Waals surface area contributed by atoms with Crippen molar-refractivity contribution in [1.82, 2.24) is 30.3 Å². The van der Waals surface area contributed by atoms with Crippen LogP contribution in [-0.2, 0) is 55.6 Å². The molecule has 2 saturated heterocycles. The zero-order valence-corrected chi connectivity index (χ0v) is 38.9. The van der Waals surface area contributed by atoms with Gasteiger partial charge < -0.3 is 30.1 Å². The number of benzene rings is 4. The average molecular weight is 956 g/mol. The number of fused-ring (bicyclic) bond motifs is 4. The SMILES string of the molecule is C=C1CN=C2c3cc(-c4ccccc4)c(-c4ccc(C5(NC(=O)OCc6ccc(CC(=O)[C@@H]7CC(F)(F)CN7C(=O)[C@@H]7C[C@@H](CC(=O)N8Cc9ccccc9C8)C(=O)N7)cc6)CCC5)cc4)nc3C=CN12. The molecular weight excluding hydrogens is 905 g/mol. The number of alkyl carbamates (subject to hydrolysis) is 1. The maximum atomic E-state index is 14.9. The summed E-state index contributed by atoms with van der Waals surface area (Å²) in [6.45, 7) is 4.58. The first-order valence-electron chi connectivity index (χ1n) is 24.1. The number of likely N-dealkylation sites (tertiary alicyclic amines) is 1. The number of pyridine rings is 1. The molecule has 0 radical (unpaired) electrons. The van der Waals surface area contributed by atoms with E-state index in [0.717, 1.165) is 86.0 Å². The van der Waals surface area contributed by atoms with Crippen LogP contribution in [0.1, 0.15) is 77.6 Å². The summed E-state index contributed by atoms with van der Waals surface area (Å²) in [6, 6.07) is 32.4. The maximum Gasteiger partial charge on any atom is 0.408 e. The van der Waals surface area contributed by atoms with Crippen molar-refractivity contribution in [3.05, 3.63) is 167 Å². The molecule has 0 bridgehead atoms. The quantitative estimate of drug-likeness (QED) is 0.127. The van der Waals surface area contributed by atoms with Crippen LogP contribution in [0.25, 0.3) is 28.5 Å². The number of Topliss-reactive ketones (excluding diaryl/α,β-unsaturated/α-hetero) is 1. The standard InChI is InChI=1S/C56H51F2N7O6/c1-34-29-59-51-44-27-43(37-8-3-2-4-9-37)50(60-45(44)20-23-64(34)51)38-16-18-42(19-17-38)55(21-7-22-55)62-54(70)71-32-36-14-12-35(13-15-36)24-48(66)47-28-56(57,58)33-65(47)53(69)46-25-41(52(68)61-46)26-49(67)63-30-39-10-5-6-11-40(39)31-63/h2-6,8-20,23,27,41,46-47H,1,7,21-22,24-26,28-33H2,(H,61,68)(H,62,70)/t41-,46-,47-/m0/s1. The molecule has 6 aliphatic rings. The van der Waals surface area contributed by atoms with Gasteiger partial charge in [-0.25, -0.2) is 18.6 Å². The van der Waals surface area contributed by atoms with Gasteiger partial charge in [-0.2, -0.15) is 0 Å². The van der Waals surface area contributed by atoms with Gasteiger partial charge in [0.1, 0.15) is 18.5 Å². The smallest absolute Gasteiger partial charge is 0.408 e. The maximum absolute atomic E-state index is 14.9. The van der Waals surface area contributed by atoms with E-state index in [0.29, 0.717) is 30.8 Å². The summed E-state index contributed by atoms with van der Waals surface area (Å²) in [7, 11) is 0. The summed E-state index contributed by atoms with van der Waals surface area (Å²) in [6.07, 6.45) is 4.63. The zero-order chi connectivity index (χ0) is 49.0. The Kier molecular flexibility index (Phi) is 11.7. The number of nitrogens with zero attached hydrogens (tertiary/aromatic N) is 5. The third-order valence-electron chi connectivity index (χ3n) is 14.8. The molecule has 1 aromatic heterocycles. The van der Waals surface area contributed by atoms with Crippen LogP contribution in [0.2, 0.25) is 0 Å². The molecule has 5 aliphatic heterocycles. The van der Waals surface area contributed by atoms with Gasteiger partial charge in [-0.15, -0.1) is 0 Å². The lowest BCUT2D eigenvalue weighted by molar-refractivity contribution is -0.139. The van der Waals surface area contributed by atoms with Crippen LogP contribution in [0, 0.1) is 5.92 Å². The van der Waals surface area contributed by atoms with Gasteiger partial charge in [0.05, 0.1) is 36.1 Å². The van der Waals surface area contributed by atoms with Crippen LogP contribution in [0.15, 0.2) is 133 Å². The van der Waals surface area contributed by atoms with Gasteiger partial charge in [-0.3, -0.25) is 24.2 Å². The van der Waals surface area contributed by atoms with Crippen molar-refractivity contribution in [1.29, 1.82) is 0 Å². The minimum absolute atomic E-state index is 0.0279. The molecule has 13 nitrogen and oxygen atoms in total. The van der Waals surface area contributed by atoms with Gasteiger partial charge in [0.15, 0.2) is 5.78 Å². The summed E-state index contributed by atoms with van der Waals surface area (Å²) in [5.74, 6) is -5.27. The fourth-order valence-electron chi connectivity index (χ4n) is 10.8. The third kappa shape index (κ3) is 8.89. The number of nitrogens with one attached hydrogen (secondary N) is 2. The summed E-state index contributed by atoms with van der Waals surface area (Å²) in [4.78, 5) is 81.3. The van der Waals surface area contributed by atoms with Crippen LogP contribution in [0.3, 0.4) is 0 Å². The van der Waals surface area contributed by atoms with Crippen molar-refractivity contribution in [2.24, 2.45) is 10.9 Å². The van der Waals surface area contributed by atoms with Crippen LogP contribution >= 0.6 is 0 Å². The second-order valence-corrected chi connectivity index (χ2v) is 19.5. The first-order chi connectivity index (χ1) is 34.3. The van der Waals surface area contributed by atoms with E-state index in [1.165, 1.54) is 0 Å². The van der Waals surface area contributed by atoms with E-state index in [-0.39, 0.29) is 31.8 Å². The molecule has 0 spiro atoms. The first-order valence-corrected chi connectivity index (χ1v) is 24.1. The monoisotopic (exact) mass is 955 g/mol. The molecule has 3 atom stereocenters. The minimum atomic E-state index is -3.29. The van der Waals surface area contributed by atoms with Gasteiger partial charge in [-0.1, -0.05) is 110 Å². The Bertz CT molecular complexity index is 3040. The van der Waals surface area contributed by atoms with E-state index < -0.39 is 66.1 Å². The molecule has 71 heavy (non-hydrogen) atoms. The van der Waals surface area contributed by atoms with Crippen LogP contribution in [-0.4, -0.2) is 86.2 Å². The lowest BCUT2D eigenvalue weighted by Gasteiger charge is -2.42. The highest BCUT2D eigenvalue weighted by atomic mass is 19.3. The largest absolute Gasteiger partial charge is 0.445 e. The lowest BCUT2D eigenvalue weighted by Crippen LogP contribution is -2.50. The normalized spacial score (nSPS) is 21.2. The Labute approximate surface area is 409 Å². The summed E-state index contributed by atoms with van der Waals surface area (Å²) >= 11 is 0. The van der Waals surface area contributed by atoms with Crippen molar-refractivity contribution >= 4 is 41.5 Å². The van der Waals surface area contributed by atoms with Gasteiger partial charge in [0, 0.05) is 66.9 Å². The van der Waals surface area contributed by atoms with E-state index in [2.05, 4.69) is 35.4 Å². The van der Waals surface area contributed by atoms with Crippen molar-refractivity contribution in [2.75, 3.05) is 13.1 Å². The highest BCUT2D eigenvalue weighted by molar-refractivity contribution is 6.08. The number of ketones is 1. The summed E-state index contributed by atoms with van der Waals surface area (Å²) < 4.78 is 35.5. The van der Waals surface area contributed by atoms with Crippen molar-refractivity contribution in [2.45, 2.75) is 88.2 Å². The van der Waals surface area contributed by atoms with Crippen molar-refractivity contribution < 1.29 is 37.5 Å². The molecule has 1 saturated carbocycles. The van der Waals surface area contributed by atoms with Gasteiger partial charge >= 0.3 is 6.09 Å². The highest BCUT2D eigenvalue weighted by Gasteiger charge is 2.52. The number of alkyl halides is 2. The number of rotatable bonds is 12. The molecule has 4 aromatic carbocycles. The molecule has 0 unspecified atom stereocenters. The number of aliphatic imine (C=N–C) groups is 1. The minimum Gasteiger partial charge on any atom is -0.445 e. The Morgan fingerprint density at radius 3 is 2.27 bits per heavy atom. The predicted molar refractivity (Wildman–Crippen MR) is 261 cm³/mol. The van der Waals surface area contributed by atoms with E-state index in [1.54, 1.807) is 29.2 Å². The van der Waals surface area contributed by atoms with Crippen LogP contribution in [0.4, 0.5) is 13.6 Å². The number of aromatic nitrogens is 1. The lowest BCUT2D eigenvalue weighted by atomic mass is 9.71. The first kappa shape index (κ1) is 45.6. The molecule has 4 amide bonds. The molecule has 6 heterocycles. The van der Waals surface area contributed by atoms with Crippen molar-refractivity contribution in [3.8, 4) is 22.4 Å². The number of carbonyl (C=O) groups excluding carboxylic acids is 5. The second kappa shape index (κ2) is 18.2. The fourth-order valence-corrected chi connectivity index (χ4v) is 10.8. The number of amidine groups is 1. The number of carbonyl (C=O) groups is 5. The number of ether oxygens (including phenoxy) is 1. The Morgan fingerprint density at radius 2 is 1.56 bits per heavy atom. The van der Waals surface area contributed by atoms with E-state index in [1.807, 2.05) is 83.9 Å². The second-order valence-electron chi connectivity index (χ2n) is 19.5. The Morgan fingerprint density at radius 1 is 0.859 bits per heavy atom. The molecule has 360 valence electrons. The zero-order valence-electron chi connectivity index (χ0n) is 38.9. The summed E-state index contributed by atoms with van der Waals surface area (Å²) in [5, 5.41) is 5.73. The molecule has 2 N–H and O–H groups in total. The molecule has 15 heteroatoms. The summed E-state index contributed by atoms with van der Waals surface area (Å²) in [5.41, 5.74) is 10.1. The number of amides is 4. The topological polar surface area (TPSA) is 154 Å². The van der Waals surface area contributed by atoms with E-state index >= 15 is 0 Å². The van der Waals surface area contributed by atoms with Gasteiger partial charge in [0.2, 0.25) is 17.7 Å². The van der Waals surface area contributed by atoms with Crippen molar-refractivity contribution in [3.63, 3.8) is 0 Å².